The van der Waals surface area contributed by atoms with Gasteiger partial charge in [0.25, 0.3) is 0 Å². The van der Waals surface area contributed by atoms with E-state index in [-0.39, 0.29) is 5.82 Å². The Hall–Kier alpha value is -1.96. The van der Waals surface area contributed by atoms with E-state index in [4.69, 9.17) is 5.26 Å². The van der Waals surface area contributed by atoms with Crippen LogP contribution in [-0.4, -0.2) is 10.9 Å². The number of hydrogen-bond acceptors (Lipinski definition) is 3. The van der Waals surface area contributed by atoms with E-state index < -0.39 is 17.1 Å². The van der Waals surface area contributed by atoms with E-state index in [1.54, 1.807) is 0 Å². The van der Waals surface area contributed by atoms with Gasteiger partial charge in [-0.1, -0.05) is 0 Å². The van der Waals surface area contributed by atoms with Crippen LogP contribution in [0.25, 0.3) is 0 Å². The first-order valence-electron chi connectivity index (χ1n) is 4.30. The molecule has 0 saturated heterocycles. The Bertz CT molecular complexity index is 423. The maximum atomic E-state index is 13.1. The van der Waals surface area contributed by atoms with Gasteiger partial charge in [-0.15, -0.1) is 0 Å². The quantitative estimate of drug-likeness (QED) is 0.802. The summed E-state index contributed by atoms with van der Waals surface area (Å²) in [5.41, 5.74) is -1.20. The van der Waals surface area contributed by atoms with Crippen LogP contribution in [-0.2, 0) is 4.79 Å². The molecule has 0 spiro atoms. The van der Waals surface area contributed by atoms with Crippen LogP contribution in [0, 0.1) is 22.6 Å². The summed E-state index contributed by atoms with van der Waals surface area (Å²) in [4.78, 5) is 15.1. The lowest BCUT2D eigenvalue weighted by Gasteiger charge is -2.14. The van der Waals surface area contributed by atoms with Crippen molar-refractivity contribution in [3.63, 3.8) is 0 Å². The van der Waals surface area contributed by atoms with Crippen molar-refractivity contribution in [2.75, 3.05) is 5.32 Å². The maximum Gasteiger partial charge on any atom is 0.245 e. The van der Waals surface area contributed by atoms with Crippen molar-refractivity contribution in [2.24, 2.45) is 5.41 Å². The first-order chi connectivity index (χ1) is 6.97. The molecule has 1 N–H and O–H groups in total. The molecule has 1 aromatic rings. The summed E-state index contributed by atoms with van der Waals surface area (Å²) in [5.74, 6) is -1.37. The fourth-order valence-electron chi connectivity index (χ4n) is 0.792. The summed E-state index contributed by atoms with van der Waals surface area (Å²) in [6.07, 6.45) is 1.36. The number of aromatic nitrogens is 1. The molecule has 78 valence electrons. The fourth-order valence-corrected chi connectivity index (χ4v) is 0.792. The van der Waals surface area contributed by atoms with Crippen LogP contribution in [0.4, 0.5) is 10.2 Å². The van der Waals surface area contributed by atoms with Gasteiger partial charge in [0.05, 0.1) is 6.07 Å². The fraction of sp³-hybridized carbons (Fsp3) is 0.300. The molecule has 1 aromatic heterocycles. The number of halogens is 1. The van der Waals surface area contributed by atoms with Crippen LogP contribution >= 0.6 is 0 Å². The lowest BCUT2D eigenvalue weighted by Crippen LogP contribution is -2.29. The third-order valence-electron chi connectivity index (χ3n) is 1.84. The van der Waals surface area contributed by atoms with Crippen molar-refractivity contribution in [1.29, 1.82) is 5.26 Å². The lowest BCUT2D eigenvalue weighted by atomic mass is 9.95. The average Bonchev–Trinajstić information content (AvgIpc) is 2.21. The molecule has 4 nitrogen and oxygen atoms in total. The molecule has 0 aliphatic rings. The van der Waals surface area contributed by atoms with E-state index in [0.717, 1.165) is 0 Å². The molecule has 1 rings (SSSR count). The molecule has 0 atom stereocenters. The lowest BCUT2D eigenvalue weighted by molar-refractivity contribution is -0.121. The summed E-state index contributed by atoms with van der Waals surface area (Å²) < 4.78 is 13.1. The summed E-state index contributed by atoms with van der Waals surface area (Å²) in [5, 5.41) is 10.9. The molecule has 0 unspecified atom stereocenters. The van der Waals surface area contributed by atoms with E-state index in [1.165, 1.54) is 32.2 Å². The molecule has 0 radical (unpaired) electrons. The molecule has 0 aliphatic heterocycles. The van der Waals surface area contributed by atoms with Gasteiger partial charge in [-0.3, -0.25) is 4.79 Å². The normalized spacial score (nSPS) is 10.5. The molecule has 0 aliphatic carbocycles. The second kappa shape index (κ2) is 4.05. The highest BCUT2D eigenvalue weighted by Gasteiger charge is 2.28. The van der Waals surface area contributed by atoms with Gasteiger partial charge in [0.15, 0.2) is 11.6 Å². The second-order valence-electron chi connectivity index (χ2n) is 3.52. The number of rotatable bonds is 2. The number of nitrogens with one attached hydrogen (secondary N) is 1. The van der Waals surface area contributed by atoms with E-state index in [9.17, 15) is 9.18 Å². The topological polar surface area (TPSA) is 65.8 Å². The Morgan fingerprint density at radius 3 is 2.87 bits per heavy atom. The van der Waals surface area contributed by atoms with Crippen LogP contribution in [0.15, 0.2) is 18.3 Å². The van der Waals surface area contributed by atoms with Crippen molar-refractivity contribution >= 4 is 11.7 Å². The number of hydrogen-bond donors (Lipinski definition) is 1. The predicted molar refractivity (Wildman–Crippen MR) is 52.2 cm³/mol. The second-order valence-corrected chi connectivity index (χ2v) is 3.52. The van der Waals surface area contributed by atoms with E-state index in [1.807, 2.05) is 6.07 Å². The van der Waals surface area contributed by atoms with Gasteiger partial charge in [-0.05, 0) is 26.0 Å². The number of carbonyl (C=O) groups excluding carboxylic acids is 1. The summed E-state index contributed by atoms with van der Waals surface area (Å²) in [7, 11) is 0. The summed E-state index contributed by atoms with van der Waals surface area (Å²) in [6, 6.07) is 4.42. The van der Waals surface area contributed by atoms with Gasteiger partial charge in [-0.2, -0.15) is 5.26 Å². The number of carbonyl (C=O) groups is 1. The Morgan fingerprint density at radius 1 is 1.67 bits per heavy atom. The first-order valence-corrected chi connectivity index (χ1v) is 4.30. The number of pyridine rings is 1. The van der Waals surface area contributed by atoms with Crippen molar-refractivity contribution in [3.05, 3.63) is 24.1 Å². The highest BCUT2D eigenvalue weighted by atomic mass is 19.1. The van der Waals surface area contributed by atoms with Crippen molar-refractivity contribution in [3.8, 4) is 6.07 Å². The Balaban J connectivity index is 2.86. The summed E-state index contributed by atoms with van der Waals surface area (Å²) in [6.45, 7) is 2.90. The Kier molecular flexibility index (Phi) is 3.00. The minimum absolute atomic E-state index is 0.161. The molecule has 0 fully saturated rings. The SMILES string of the molecule is CC(C)(C#N)C(=O)Nc1ncccc1F. The zero-order chi connectivity index (χ0) is 11.5. The standard InChI is InChI=1S/C10H10FN3O/c1-10(2,6-12)9(15)14-8-7(11)4-3-5-13-8/h3-5H,1-2H3,(H,13,14,15). The van der Waals surface area contributed by atoms with E-state index >= 15 is 0 Å². The largest absolute Gasteiger partial charge is 0.307 e. The van der Waals surface area contributed by atoms with Crippen LogP contribution in [0.5, 0.6) is 0 Å². The number of amides is 1. The zero-order valence-corrected chi connectivity index (χ0v) is 8.41. The van der Waals surface area contributed by atoms with Crippen LogP contribution in [0.3, 0.4) is 0 Å². The predicted octanol–water partition coefficient (Wildman–Crippen LogP) is 1.71. The summed E-state index contributed by atoms with van der Waals surface area (Å²) >= 11 is 0. The van der Waals surface area contributed by atoms with Crippen molar-refractivity contribution in [1.82, 2.24) is 4.98 Å². The average molecular weight is 207 g/mol. The van der Waals surface area contributed by atoms with Crippen molar-refractivity contribution < 1.29 is 9.18 Å². The minimum Gasteiger partial charge on any atom is -0.307 e. The first kappa shape index (κ1) is 11.1. The van der Waals surface area contributed by atoms with E-state index in [0.29, 0.717) is 0 Å². The molecule has 1 heterocycles. The molecular formula is C10H10FN3O. The van der Waals surface area contributed by atoms with Crippen LogP contribution in [0.2, 0.25) is 0 Å². The molecule has 5 heteroatoms. The molecular weight excluding hydrogens is 197 g/mol. The minimum atomic E-state index is -1.20. The molecule has 0 bridgehead atoms. The van der Waals surface area contributed by atoms with Gasteiger partial charge >= 0.3 is 0 Å². The van der Waals surface area contributed by atoms with E-state index in [2.05, 4.69) is 10.3 Å². The molecule has 0 saturated carbocycles. The maximum absolute atomic E-state index is 13.1. The third kappa shape index (κ3) is 2.50. The highest BCUT2D eigenvalue weighted by Crippen LogP contribution is 2.17. The van der Waals surface area contributed by atoms with Crippen LogP contribution < -0.4 is 5.32 Å². The van der Waals surface area contributed by atoms with Gasteiger partial charge < -0.3 is 5.32 Å². The molecule has 1 amide bonds. The Morgan fingerprint density at radius 2 is 2.33 bits per heavy atom. The van der Waals surface area contributed by atoms with Gasteiger partial charge in [0, 0.05) is 6.20 Å². The van der Waals surface area contributed by atoms with Gasteiger partial charge in [-0.25, -0.2) is 9.37 Å². The molecule has 0 aromatic carbocycles. The Labute approximate surface area is 86.7 Å². The third-order valence-corrected chi connectivity index (χ3v) is 1.84. The zero-order valence-electron chi connectivity index (χ0n) is 8.41. The highest BCUT2D eigenvalue weighted by molar-refractivity contribution is 5.95. The van der Waals surface area contributed by atoms with Gasteiger partial charge in [0.2, 0.25) is 5.91 Å². The number of anilines is 1. The molecule has 15 heavy (non-hydrogen) atoms. The number of nitrogens with zero attached hydrogens (tertiary/aromatic N) is 2. The van der Waals surface area contributed by atoms with Gasteiger partial charge in [0.1, 0.15) is 5.41 Å². The van der Waals surface area contributed by atoms with Crippen LogP contribution in [0.1, 0.15) is 13.8 Å². The van der Waals surface area contributed by atoms with Crippen molar-refractivity contribution in [2.45, 2.75) is 13.8 Å². The monoisotopic (exact) mass is 207 g/mol. The number of nitriles is 1. The smallest absolute Gasteiger partial charge is 0.245 e.